The van der Waals surface area contributed by atoms with E-state index in [2.05, 4.69) is 16.7 Å². The van der Waals surface area contributed by atoms with Gasteiger partial charge in [0.05, 0.1) is 6.54 Å². The van der Waals surface area contributed by atoms with E-state index in [4.69, 9.17) is 5.73 Å². The monoisotopic (exact) mass is 166 g/mol. The summed E-state index contributed by atoms with van der Waals surface area (Å²) in [5.74, 6) is 6.03. The highest BCUT2D eigenvalue weighted by Crippen LogP contribution is 2.14. The summed E-state index contributed by atoms with van der Waals surface area (Å²) >= 11 is 0. The van der Waals surface area contributed by atoms with E-state index in [0.717, 1.165) is 13.1 Å². The van der Waals surface area contributed by atoms with Crippen molar-refractivity contribution in [3.8, 4) is 11.8 Å². The molecule has 0 aromatic heterocycles. The molecule has 0 spiro atoms. The Bertz CT molecular complexity index is 178. The smallest absolute Gasteiger partial charge is 0.0604 e. The third-order valence-electron chi connectivity index (χ3n) is 2.48. The van der Waals surface area contributed by atoms with Gasteiger partial charge in [-0.05, 0) is 26.3 Å². The van der Waals surface area contributed by atoms with Crippen molar-refractivity contribution in [2.24, 2.45) is 5.73 Å². The van der Waals surface area contributed by atoms with E-state index in [1.165, 1.54) is 25.8 Å². The molecule has 1 atom stereocenters. The van der Waals surface area contributed by atoms with Gasteiger partial charge in [0.2, 0.25) is 0 Å². The summed E-state index contributed by atoms with van der Waals surface area (Å²) in [6, 6.07) is 0.583. The van der Waals surface area contributed by atoms with E-state index < -0.39 is 0 Å². The summed E-state index contributed by atoms with van der Waals surface area (Å²) in [6.07, 6.45) is 3.89. The summed E-state index contributed by atoms with van der Waals surface area (Å²) in [5, 5.41) is 0. The maximum absolute atomic E-state index is 5.68. The molecule has 0 radical (unpaired) electrons. The number of likely N-dealkylation sites (tertiary alicyclic amines) is 1. The minimum Gasteiger partial charge on any atom is -0.329 e. The predicted molar refractivity (Wildman–Crippen MR) is 51.7 cm³/mol. The van der Waals surface area contributed by atoms with Crippen molar-refractivity contribution in [2.45, 2.75) is 32.2 Å². The van der Waals surface area contributed by atoms with Crippen LogP contribution in [0.5, 0.6) is 0 Å². The van der Waals surface area contributed by atoms with E-state index >= 15 is 0 Å². The van der Waals surface area contributed by atoms with Crippen molar-refractivity contribution in [1.82, 2.24) is 4.90 Å². The van der Waals surface area contributed by atoms with Crippen LogP contribution in [0.4, 0.5) is 0 Å². The average molecular weight is 166 g/mol. The summed E-state index contributed by atoms with van der Waals surface area (Å²) in [4.78, 5) is 2.40. The highest BCUT2D eigenvalue weighted by molar-refractivity contribution is 4.99. The molecule has 0 aromatic rings. The normalized spacial score (nSPS) is 24.7. The first-order valence-electron chi connectivity index (χ1n) is 4.72. The summed E-state index contributed by atoms with van der Waals surface area (Å²) in [6.45, 7) is 4.75. The van der Waals surface area contributed by atoms with Gasteiger partial charge in [0, 0.05) is 12.6 Å². The number of hydrogen-bond acceptors (Lipinski definition) is 2. The minimum absolute atomic E-state index is 0.583. The summed E-state index contributed by atoms with van der Waals surface area (Å²) in [5.41, 5.74) is 5.68. The lowest BCUT2D eigenvalue weighted by Gasteiger charge is -2.33. The molecule has 2 heteroatoms. The molecule has 0 aliphatic carbocycles. The Hall–Kier alpha value is -0.520. The molecule has 1 aliphatic heterocycles. The van der Waals surface area contributed by atoms with E-state index in [1.54, 1.807) is 0 Å². The Kier molecular flexibility index (Phi) is 4.13. The van der Waals surface area contributed by atoms with Gasteiger partial charge in [0.15, 0.2) is 0 Å². The molecule has 2 N–H and O–H groups in total. The van der Waals surface area contributed by atoms with Crippen LogP contribution in [0, 0.1) is 11.8 Å². The third-order valence-corrected chi connectivity index (χ3v) is 2.48. The lowest BCUT2D eigenvalue weighted by atomic mass is 10.0. The van der Waals surface area contributed by atoms with Crippen LogP contribution in [0.3, 0.4) is 0 Å². The van der Waals surface area contributed by atoms with E-state index in [0.29, 0.717) is 6.04 Å². The van der Waals surface area contributed by atoms with Crippen LogP contribution in [0.1, 0.15) is 26.2 Å². The van der Waals surface area contributed by atoms with Gasteiger partial charge in [-0.25, -0.2) is 0 Å². The van der Waals surface area contributed by atoms with Crippen molar-refractivity contribution >= 4 is 0 Å². The van der Waals surface area contributed by atoms with E-state index in [-0.39, 0.29) is 0 Å². The predicted octanol–water partition coefficient (Wildman–Crippen LogP) is 0.823. The topological polar surface area (TPSA) is 29.3 Å². The average Bonchev–Trinajstić information content (AvgIpc) is 2.15. The van der Waals surface area contributed by atoms with Crippen LogP contribution >= 0.6 is 0 Å². The molecular formula is C10H18N2. The Morgan fingerprint density at radius 1 is 1.50 bits per heavy atom. The lowest BCUT2D eigenvalue weighted by molar-refractivity contribution is 0.173. The maximum atomic E-state index is 5.68. The zero-order valence-electron chi connectivity index (χ0n) is 7.84. The molecule has 1 rings (SSSR count). The number of nitrogens with two attached hydrogens (primary N) is 1. The largest absolute Gasteiger partial charge is 0.329 e. The molecular weight excluding hydrogens is 148 g/mol. The highest BCUT2D eigenvalue weighted by atomic mass is 15.2. The second kappa shape index (κ2) is 5.18. The summed E-state index contributed by atoms with van der Waals surface area (Å²) in [7, 11) is 0. The van der Waals surface area contributed by atoms with Crippen LogP contribution < -0.4 is 5.73 Å². The minimum atomic E-state index is 0.583. The fraction of sp³-hybridized carbons (Fsp3) is 0.800. The standard InChI is InChI=1S/C10H18N2/c1-2-3-7-12-8-5-4-6-10(12)9-11/h10H,4-9,11H2,1H3. The first kappa shape index (κ1) is 9.57. The molecule has 0 amide bonds. The van der Waals surface area contributed by atoms with Gasteiger partial charge in [0.1, 0.15) is 0 Å². The zero-order valence-corrected chi connectivity index (χ0v) is 7.84. The lowest BCUT2D eigenvalue weighted by Crippen LogP contribution is -2.44. The molecule has 1 fully saturated rings. The van der Waals surface area contributed by atoms with E-state index in [9.17, 15) is 0 Å². The maximum Gasteiger partial charge on any atom is 0.0604 e. The van der Waals surface area contributed by atoms with Gasteiger partial charge in [0.25, 0.3) is 0 Å². The van der Waals surface area contributed by atoms with Crippen molar-refractivity contribution < 1.29 is 0 Å². The summed E-state index contributed by atoms with van der Waals surface area (Å²) < 4.78 is 0. The Labute approximate surface area is 75.1 Å². The molecule has 2 nitrogen and oxygen atoms in total. The van der Waals surface area contributed by atoms with Crippen molar-refractivity contribution in [1.29, 1.82) is 0 Å². The molecule has 0 saturated carbocycles. The first-order valence-corrected chi connectivity index (χ1v) is 4.72. The molecule has 68 valence electrons. The van der Waals surface area contributed by atoms with Crippen LogP contribution in [0.15, 0.2) is 0 Å². The molecule has 0 bridgehead atoms. The Morgan fingerprint density at radius 3 is 3.00 bits per heavy atom. The van der Waals surface area contributed by atoms with Gasteiger partial charge >= 0.3 is 0 Å². The quantitative estimate of drug-likeness (QED) is 0.615. The molecule has 12 heavy (non-hydrogen) atoms. The molecule has 1 unspecified atom stereocenters. The molecule has 1 heterocycles. The van der Waals surface area contributed by atoms with Gasteiger partial charge in [-0.2, -0.15) is 0 Å². The van der Waals surface area contributed by atoms with Crippen molar-refractivity contribution in [3.63, 3.8) is 0 Å². The third kappa shape index (κ3) is 2.51. The second-order valence-electron chi connectivity index (χ2n) is 3.28. The van der Waals surface area contributed by atoms with Gasteiger partial charge < -0.3 is 5.73 Å². The van der Waals surface area contributed by atoms with E-state index in [1.807, 2.05) is 6.92 Å². The number of piperidine rings is 1. The molecule has 1 aliphatic rings. The number of hydrogen-bond donors (Lipinski definition) is 1. The molecule has 0 aromatic carbocycles. The van der Waals surface area contributed by atoms with Crippen LogP contribution in [-0.2, 0) is 0 Å². The van der Waals surface area contributed by atoms with Gasteiger partial charge in [-0.3, -0.25) is 4.90 Å². The zero-order chi connectivity index (χ0) is 8.81. The fourth-order valence-corrected chi connectivity index (χ4v) is 1.72. The van der Waals surface area contributed by atoms with Gasteiger partial charge in [-0.1, -0.05) is 12.3 Å². The first-order chi connectivity index (χ1) is 5.88. The van der Waals surface area contributed by atoms with Crippen LogP contribution in [0.2, 0.25) is 0 Å². The SMILES string of the molecule is CC#CCN1CCCCC1CN. The van der Waals surface area contributed by atoms with Crippen LogP contribution in [-0.4, -0.2) is 30.6 Å². The number of rotatable bonds is 2. The van der Waals surface area contributed by atoms with Crippen LogP contribution in [0.25, 0.3) is 0 Å². The molecule has 1 saturated heterocycles. The highest BCUT2D eigenvalue weighted by Gasteiger charge is 2.19. The number of nitrogens with zero attached hydrogens (tertiary/aromatic N) is 1. The Balaban J connectivity index is 2.39. The van der Waals surface area contributed by atoms with Gasteiger partial charge in [-0.15, -0.1) is 5.92 Å². The van der Waals surface area contributed by atoms with Crippen molar-refractivity contribution in [3.05, 3.63) is 0 Å². The van der Waals surface area contributed by atoms with Crippen molar-refractivity contribution in [2.75, 3.05) is 19.6 Å². The Morgan fingerprint density at radius 2 is 2.33 bits per heavy atom. The fourth-order valence-electron chi connectivity index (χ4n) is 1.72. The second-order valence-corrected chi connectivity index (χ2v) is 3.28.